The fourth-order valence-electron chi connectivity index (χ4n) is 4.38. The fraction of sp³-hybridized carbons (Fsp3) is 0.292. The van der Waals surface area contributed by atoms with E-state index in [2.05, 4.69) is 20.2 Å². The summed E-state index contributed by atoms with van der Waals surface area (Å²) in [5.74, 6) is -0.419. The Morgan fingerprint density at radius 1 is 1.06 bits per heavy atom. The molecular formula is C24H25FN6O3S. The SMILES string of the molecule is CCS(=O)(=O)N1CCN(c2ccc(-c3n[nH]c4cc(=O)n(-c5c(C)cccc5F)nc34)cc2)CC1. The minimum atomic E-state index is -3.18. The van der Waals surface area contributed by atoms with Gasteiger partial charge in [-0.15, -0.1) is 0 Å². The van der Waals surface area contributed by atoms with E-state index in [9.17, 15) is 17.6 Å². The molecule has 35 heavy (non-hydrogen) atoms. The van der Waals surface area contributed by atoms with Crippen molar-refractivity contribution in [1.82, 2.24) is 24.3 Å². The Hall–Kier alpha value is -3.57. The Morgan fingerprint density at radius 2 is 1.77 bits per heavy atom. The summed E-state index contributed by atoms with van der Waals surface area (Å²) in [6.45, 7) is 5.52. The third kappa shape index (κ3) is 4.21. The second-order valence-electron chi connectivity index (χ2n) is 8.47. The quantitative estimate of drug-likeness (QED) is 0.456. The van der Waals surface area contributed by atoms with Crippen molar-refractivity contribution in [2.45, 2.75) is 13.8 Å². The molecule has 0 atom stereocenters. The zero-order valence-electron chi connectivity index (χ0n) is 19.4. The van der Waals surface area contributed by atoms with E-state index in [0.29, 0.717) is 48.5 Å². The number of hydrogen-bond acceptors (Lipinski definition) is 6. The van der Waals surface area contributed by atoms with Crippen molar-refractivity contribution in [3.05, 3.63) is 70.3 Å². The molecule has 0 saturated carbocycles. The van der Waals surface area contributed by atoms with Crippen molar-refractivity contribution in [1.29, 1.82) is 0 Å². The van der Waals surface area contributed by atoms with Crippen LogP contribution >= 0.6 is 0 Å². The zero-order chi connectivity index (χ0) is 24.7. The first kappa shape index (κ1) is 23.2. The fourth-order valence-corrected chi connectivity index (χ4v) is 5.46. The van der Waals surface area contributed by atoms with Gasteiger partial charge in [-0.2, -0.15) is 19.2 Å². The molecule has 0 spiro atoms. The molecule has 2 aromatic carbocycles. The van der Waals surface area contributed by atoms with Crippen LogP contribution in [-0.2, 0) is 10.0 Å². The number of H-pyrrole nitrogens is 1. The third-order valence-electron chi connectivity index (χ3n) is 6.35. The van der Waals surface area contributed by atoms with E-state index in [1.165, 1.54) is 16.4 Å². The minimum Gasteiger partial charge on any atom is -0.369 e. The number of aromatic amines is 1. The van der Waals surface area contributed by atoms with Gasteiger partial charge in [0.1, 0.15) is 22.7 Å². The maximum atomic E-state index is 14.5. The van der Waals surface area contributed by atoms with Crippen LogP contribution in [0.3, 0.4) is 0 Å². The van der Waals surface area contributed by atoms with Crippen LogP contribution in [0.5, 0.6) is 0 Å². The van der Waals surface area contributed by atoms with Gasteiger partial charge in [-0.1, -0.05) is 24.3 Å². The number of anilines is 1. The van der Waals surface area contributed by atoms with Crippen molar-refractivity contribution in [2.75, 3.05) is 36.8 Å². The average Bonchev–Trinajstić information content (AvgIpc) is 3.26. The number of hydrogen-bond donors (Lipinski definition) is 1. The van der Waals surface area contributed by atoms with Crippen molar-refractivity contribution in [3.63, 3.8) is 0 Å². The molecule has 1 fully saturated rings. The standard InChI is InChI=1S/C24H25FN6O3S/c1-3-35(33,34)30-13-11-29(12-14-30)18-9-7-17(8-10-18)22-23-20(26-27-22)15-21(32)31(28-23)24-16(2)5-4-6-19(24)25/h4-10,15,26H,3,11-14H2,1-2H3. The predicted molar refractivity (Wildman–Crippen MR) is 133 cm³/mol. The van der Waals surface area contributed by atoms with Gasteiger partial charge in [0.2, 0.25) is 10.0 Å². The van der Waals surface area contributed by atoms with Crippen LogP contribution in [0.4, 0.5) is 10.1 Å². The molecule has 182 valence electrons. The second-order valence-corrected chi connectivity index (χ2v) is 10.7. The summed E-state index contributed by atoms with van der Waals surface area (Å²) in [6, 6.07) is 13.7. The highest BCUT2D eigenvalue weighted by atomic mass is 32.2. The minimum absolute atomic E-state index is 0.109. The van der Waals surface area contributed by atoms with Crippen LogP contribution in [0.2, 0.25) is 0 Å². The maximum Gasteiger partial charge on any atom is 0.273 e. The zero-order valence-corrected chi connectivity index (χ0v) is 20.2. The summed E-state index contributed by atoms with van der Waals surface area (Å²) < 4.78 is 41.3. The largest absolute Gasteiger partial charge is 0.369 e. The lowest BCUT2D eigenvalue weighted by Gasteiger charge is -2.35. The molecule has 11 heteroatoms. The molecule has 0 unspecified atom stereocenters. The monoisotopic (exact) mass is 496 g/mol. The van der Waals surface area contributed by atoms with Gasteiger partial charge < -0.3 is 4.90 Å². The highest BCUT2D eigenvalue weighted by molar-refractivity contribution is 7.89. The van der Waals surface area contributed by atoms with E-state index in [4.69, 9.17) is 0 Å². The average molecular weight is 497 g/mol. The topological polar surface area (TPSA) is 104 Å². The molecule has 4 aromatic rings. The number of piperazine rings is 1. The number of sulfonamides is 1. The van der Waals surface area contributed by atoms with Crippen LogP contribution in [-0.4, -0.2) is 64.6 Å². The van der Waals surface area contributed by atoms with E-state index < -0.39 is 21.4 Å². The smallest absolute Gasteiger partial charge is 0.273 e. The molecule has 1 aliphatic heterocycles. The number of halogens is 1. The van der Waals surface area contributed by atoms with Gasteiger partial charge in [-0.3, -0.25) is 9.89 Å². The van der Waals surface area contributed by atoms with Gasteiger partial charge >= 0.3 is 0 Å². The molecule has 1 saturated heterocycles. The highest BCUT2D eigenvalue weighted by Crippen LogP contribution is 2.27. The Balaban J connectivity index is 1.44. The van der Waals surface area contributed by atoms with Gasteiger partial charge in [0.25, 0.3) is 5.56 Å². The first-order valence-corrected chi connectivity index (χ1v) is 13.0. The molecular weight excluding hydrogens is 471 g/mol. The molecule has 2 aromatic heterocycles. The second kappa shape index (κ2) is 8.90. The van der Waals surface area contributed by atoms with E-state index in [1.54, 1.807) is 26.0 Å². The number of rotatable bonds is 5. The van der Waals surface area contributed by atoms with E-state index in [1.807, 2.05) is 24.3 Å². The number of nitrogens with one attached hydrogen (secondary N) is 1. The predicted octanol–water partition coefficient (Wildman–Crippen LogP) is 2.70. The number of nitrogens with zero attached hydrogens (tertiary/aromatic N) is 5. The summed E-state index contributed by atoms with van der Waals surface area (Å²) in [4.78, 5) is 14.8. The molecule has 9 nitrogen and oxygen atoms in total. The van der Waals surface area contributed by atoms with Crippen LogP contribution in [0, 0.1) is 12.7 Å². The van der Waals surface area contributed by atoms with Gasteiger partial charge in [0, 0.05) is 43.5 Å². The van der Waals surface area contributed by atoms with Gasteiger partial charge in [0.05, 0.1) is 11.3 Å². The molecule has 3 heterocycles. The van der Waals surface area contributed by atoms with Crippen LogP contribution in [0.1, 0.15) is 12.5 Å². The van der Waals surface area contributed by atoms with Crippen molar-refractivity contribution < 1.29 is 12.8 Å². The van der Waals surface area contributed by atoms with Crippen molar-refractivity contribution in [3.8, 4) is 16.9 Å². The first-order valence-electron chi connectivity index (χ1n) is 11.4. The third-order valence-corrected chi connectivity index (χ3v) is 8.23. The van der Waals surface area contributed by atoms with Crippen molar-refractivity contribution >= 4 is 26.7 Å². The normalized spacial score (nSPS) is 15.1. The summed E-state index contributed by atoms with van der Waals surface area (Å²) in [7, 11) is -3.18. The molecule has 5 rings (SSSR count). The van der Waals surface area contributed by atoms with E-state index >= 15 is 0 Å². The number of benzene rings is 2. The Kier molecular flexibility index (Phi) is 5.89. The Morgan fingerprint density at radius 3 is 2.43 bits per heavy atom. The number of fused-ring (bicyclic) bond motifs is 1. The summed E-state index contributed by atoms with van der Waals surface area (Å²) >= 11 is 0. The maximum absolute atomic E-state index is 14.5. The lowest BCUT2D eigenvalue weighted by molar-refractivity contribution is 0.385. The number of para-hydroxylation sites is 1. The highest BCUT2D eigenvalue weighted by Gasteiger charge is 2.25. The molecule has 0 amide bonds. The van der Waals surface area contributed by atoms with E-state index in [0.717, 1.165) is 15.9 Å². The van der Waals surface area contributed by atoms with E-state index in [-0.39, 0.29) is 11.4 Å². The van der Waals surface area contributed by atoms with Crippen molar-refractivity contribution in [2.24, 2.45) is 0 Å². The molecule has 0 radical (unpaired) electrons. The van der Waals surface area contributed by atoms with Crippen LogP contribution in [0.25, 0.3) is 28.0 Å². The summed E-state index contributed by atoms with van der Waals surface area (Å²) in [6.07, 6.45) is 0. The van der Waals surface area contributed by atoms with Crippen LogP contribution < -0.4 is 10.5 Å². The molecule has 0 aliphatic carbocycles. The summed E-state index contributed by atoms with van der Waals surface area (Å²) in [5, 5.41) is 11.7. The van der Waals surface area contributed by atoms with Gasteiger partial charge in [-0.05, 0) is 37.6 Å². The molecule has 1 aliphatic rings. The molecule has 1 N–H and O–H groups in total. The number of aryl methyl sites for hydroxylation is 1. The Bertz CT molecular complexity index is 1530. The van der Waals surface area contributed by atoms with Gasteiger partial charge in [-0.25, -0.2) is 12.8 Å². The molecule has 0 bridgehead atoms. The van der Waals surface area contributed by atoms with Crippen LogP contribution in [0.15, 0.2) is 53.3 Å². The Labute approximate surface area is 201 Å². The number of aromatic nitrogens is 4. The lowest BCUT2D eigenvalue weighted by atomic mass is 10.1. The lowest BCUT2D eigenvalue weighted by Crippen LogP contribution is -2.49. The summed E-state index contributed by atoms with van der Waals surface area (Å²) in [5.41, 5.74) is 3.50. The first-order chi connectivity index (χ1) is 16.8. The van der Waals surface area contributed by atoms with Gasteiger partial charge in [0.15, 0.2) is 0 Å².